The molecule has 0 heterocycles. The van der Waals surface area contributed by atoms with Crippen molar-refractivity contribution >= 4 is 12.6 Å². The third kappa shape index (κ3) is 4.05. The van der Waals surface area contributed by atoms with Gasteiger partial charge in [0.15, 0.2) is 0 Å². The molecule has 0 saturated heterocycles. The molecule has 1 aliphatic carbocycles. The van der Waals surface area contributed by atoms with E-state index in [0.29, 0.717) is 5.25 Å². The number of thiol groups is 1. The van der Waals surface area contributed by atoms with E-state index in [4.69, 9.17) is 0 Å². The van der Waals surface area contributed by atoms with Gasteiger partial charge in [0.05, 0.1) is 0 Å². The highest BCUT2D eigenvalue weighted by Gasteiger charge is 2.09. The molecule has 0 aromatic rings. The molecule has 11 heavy (non-hydrogen) atoms. The summed E-state index contributed by atoms with van der Waals surface area (Å²) >= 11 is 4.56. The molecule has 0 bridgehead atoms. The SMILES string of the molecule is CC1CCCCC(S)CCC1. The largest absolute Gasteiger partial charge is 0.176 e. The highest BCUT2D eigenvalue weighted by atomic mass is 32.1. The van der Waals surface area contributed by atoms with E-state index in [1.54, 1.807) is 0 Å². The second-order valence-corrected chi connectivity index (χ2v) is 4.70. The Morgan fingerprint density at radius 1 is 0.909 bits per heavy atom. The first-order valence-electron chi connectivity index (χ1n) is 4.97. The van der Waals surface area contributed by atoms with Gasteiger partial charge in [0.25, 0.3) is 0 Å². The molecular formula is C10H20S. The standard InChI is InChI=1S/C10H20S/c1-9-5-2-3-7-10(11)8-4-6-9/h9-11H,2-8H2,1H3. The van der Waals surface area contributed by atoms with Crippen LogP contribution in [0.1, 0.15) is 51.9 Å². The number of hydrogen-bond donors (Lipinski definition) is 1. The molecule has 0 spiro atoms. The lowest BCUT2D eigenvalue weighted by Gasteiger charge is -2.08. The van der Waals surface area contributed by atoms with E-state index < -0.39 is 0 Å². The molecule has 1 fully saturated rings. The van der Waals surface area contributed by atoms with Gasteiger partial charge in [-0.05, 0) is 18.8 Å². The van der Waals surface area contributed by atoms with E-state index in [9.17, 15) is 0 Å². The summed E-state index contributed by atoms with van der Waals surface area (Å²) in [5.74, 6) is 0.966. The molecule has 0 amide bonds. The fraction of sp³-hybridized carbons (Fsp3) is 1.00. The van der Waals surface area contributed by atoms with Crippen LogP contribution < -0.4 is 0 Å². The predicted octanol–water partition coefficient (Wildman–Crippen LogP) is 3.67. The van der Waals surface area contributed by atoms with Crippen LogP contribution in [0.2, 0.25) is 0 Å². The highest BCUT2D eigenvalue weighted by Crippen LogP contribution is 2.23. The van der Waals surface area contributed by atoms with Gasteiger partial charge >= 0.3 is 0 Å². The van der Waals surface area contributed by atoms with E-state index in [1.807, 2.05) is 0 Å². The molecule has 0 nitrogen and oxygen atoms in total. The molecule has 1 saturated carbocycles. The Morgan fingerprint density at radius 2 is 1.45 bits per heavy atom. The van der Waals surface area contributed by atoms with Crippen molar-refractivity contribution < 1.29 is 0 Å². The Morgan fingerprint density at radius 3 is 2.27 bits per heavy atom. The van der Waals surface area contributed by atoms with Crippen molar-refractivity contribution in [2.75, 3.05) is 0 Å². The summed E-state index contributed by atoms with van der Waals surface area (Å²) in [4.78, 5) is 0. The molecule has 0 aromatic heterocycles. The monoisotopic (exact) mass is 172 g/mol. The molecule has 0 N–H and O–H groups in total. The molecule has 1 heteroatoms. The van der Waals surface area contributed by atoms with Crippen LogP contribution in [0.4, 0.5) is 0 Å². The summed E-state index contributed by atoms with van der Waals surface area (Å²) < 4.78 is 0. The van der Waals surface area contributed by atoms with Gasteiger partial charge in [0.1, 0.15) is 0 Å². The van der Waals surface area contributed by atoms with Crippen LogP contribution in [-0.4, -0.2) is 5.25 Å². The second-order valence-electron chi connectivity index (χ2n) is 3.97. The molecule has 1 rings (SSSR count). The Hall–Kier alpha value is 0.350. The van der Waals surface area contributed by atoms with Crippen molar-refractivity contribution in [2.45, 2.75) is 57.1 Å². The summed E-state index contributed by atoms with van der Waals surface area (Å²) in [5, 5.41) is 0.695. The second kappa shape index (κ2) is 5.08. The Balaban J connectivity index is 2.24. The zero-order chi connectivity index (χ0) is 8.10. The minimum Gasteiger partial charge on any atom is -0.176 e. The van der Waals surface area contributed by atoms with Crippen molar-refractivity contribution in [2.24, 2.45) is 5.92 Å². The van der Waals surface area contributed by atoms with Gasteiger partial charge < -0.3 is 0 Å². The van der Waals surface area contributed by atoms with Crippen molar-refractivity contribution in [1.82, 2.24) is 0 Å². The topological polar surface area (TPSA) is 0 Å². The minimum absolute atomic E-state index is 0.695. The van der Waals surface area contributed by atoms with Crippen molar-refractivity contribution in [1.29, 1.82) is 0 Å². The third-order valence-electron chi connectivity index (χ3n) is 2.72. The molecule has 66 valence electrons. The summed E-state index contributed by atoms with van der Waals surface area (Å²) in [6.07, 6.45) is 9.78. The van der Waals surface area contributed by atoms with Gasteiger partial charge in [-0.25, -0.2) is 0 Å². The summed E-state index contributed by atoms with van der Waals surface area (Å²) in [6.45, 7) is 2.39. The summed E-state index contributed by atoms with van der Waals surface area (Å²) in [6, 6.07) is 0. The fourth-order valence-electron chi connectivity index (χ4n) is 1.86. The first kappa shape index (κ1) is 9.44. The van der Waals surface area contributed by atoms with Gasteiger partial charge in [-0.1, -0.05) is 39.0 Å². The van der Waals surface area contributed by atoms with Crippen LogP contribution >= 0.6 is 12.6 Å². The first-order valence-corrected chi connectivity index (χ1v) is 5.48. The lowest BCUT2D eigenvalue weighted by Crippen LogP contribution is -1.97. The van der Waals surface area contributed by atoms with Crippen molar-refractivity contribution in [3.63, 3.8) is 0 Å². The normalized spacial score (nSPS) is 35.5. The summed E-state index contributed by atoms with van der Waals surface area (Å²) in [7, 11) is 0. The van der Waals surface area contributed by atoms with Crippen molar-refractivity contribution in [3.8, 4) is 0 Å². The van der Waals surface area contributed by atoms with E-state index in [-0.39, 0.29) is 0 Å². The molecule has 0 radical (unpaired) electrons. The van der Waals surface area contributed by atoms with Crippen molar-refractivity contribution in [3.05, 3.63) is 0 Å². The Kier molecular flexibility index (Phi) is 4.36. The van der Waals surface area contributed by atoms with Gasteiger partial charge in [0, 0.05) is 5.25 Å². The lowest BCUT2D eigenvalue weighted by molar-refractivity contribution is 0.465. The van der Waals surface area contributed by atoms with Crippen LogP contribution in [0.25, 0.3) is 0 Å². The van der Waals surface area contributed by atoms with E-state index in [2.05, 4.69) is 19.6 Å². The Bertz CT molecular complexity index is 89.0. The van der Waals surface area contributed by atoms with Crippen LogP contribution in [0.15, 0.2) is 0 Å². The average molecular weight is 172 g/mol. The predicted molar refractivity (Wildman–Crippen MR) is 54.3 cm³/mol. The van der Waals surface area contributed by atoms with Crippen LogP contribution in [-0.2, 0) is 0 Å². The van der Waals surface area contributed by atoms with E-state index in [1.165, 1.54) is 44.9 Å². The van der Waals surface area contributed by atoms with E-state index >= 15 is 0 Å². The maximum atomic E-state index is 4.56. The zero-order valence-electron chi connectivity index (χ0n) is 7.55. The van der Waals surface area contributed by atoms with Crippen LogP contribution in [0.5, 0.6) is 0 Å². The third-order valence-corrected chi connectivity index (χ3v) is 3.23. The number of rotatable bonds is 0. The van der Waals surface area contributed by atoms with Gasteiger partial charge in [-0.2, -0.15) is 12.6 Å². The molecular weight excluding hydrogens is 152 g/mol. The quantitative estimate of drug-likeness (QED) is 0.530. The number of hydrogen-bond acceptors (Lipinski definition) is 1. The summed E-state index contributed by atoms with van der Waals surface area (Å²) in [5.41, 5.74) is 0. The fourth-order valence-corrected chi connectivity index (χ4v) is 2.23. The average Bonchev–Trinajstić information content (AvgIpc) is 2.04. The highest BCUT2D eigenvalue weighted by molar-refractivity contribution is 7.80. The van der Waals surface area contributed by atoms with Crippen LogP contribution in [0, 0.1) is 5.92 Å². The molecule has 2 unspecified atom stereocenters. The van der Waals surface area contributed by atoms with Gasteiger partial charge in [0.2, 0.25) is 0 Å². The molecule has 1 aliphatic rings. The molecule has 2 atom stereocenters. The Labute approximate surface area is 76.2 Å². The van der Waals surface area contributed by atoms with Crippen LogP contribution in [0.3, 0.4) is 0 Å². The maximum absolute atomic E-state index is 4.56. The smallest absolute Gasteiger partial charge is 0.00168 e. The van der Waals surface area contributed by atoms with E-state index in [0.717, 1.165) is 5.92 Å². The maximum Gasteiger partial charge on any atom is 0.00168 e. The zero-order valence-corrected chi connectivity index (χ0v) is 8.45. The van der Waals surface area contributed by atoms with Gasteiger partial charge in [-0.15, -0.1) is 0 Å². The lowest BCUT2D eigenvalue weighted by atomic mass is 9.99. The minimum atomic E-state index is 0.695. The molecule has 0 aliphatic heterocycles. The first-order chi connectivity index (χ1) is 5.29. The van der Waals surface area contributed by atoms with Gasteiger partial charge in [-0.3, -0.25) is 0 Å². The molecule has 0 aromatic carbocycles.